The van der Waals surface area contributed by atoms with E-state index in [2.05, 4.69) is 28.7 Å². The Morgan fingerprint density at radius 2 is 1.91 bits per heavy atom. The molecule has 0 amide bonds. The fraction of sp³-hybridized carbons (Fsp3) is 0.235. The lowest BCUT2D eigenvalue weighted by Crippen LogP contribution is -2.02. The van der Waals surface area contributed by atoms with Crippen molar-refractivity contribution >= 4 is 28.6 Å². The van der Waals surface area contributed by atoms with Crippen molar-refractivity contribution in [3.05, 3.63) is 63.2 Å². The van der Waals surface area contributed by atoms with Gasteiger partial charge in [0, 0.05) is 9.99 Å². The fourth-order valence-corrected chi connectivity index (χ4v) is 2.61. The molecule has 0 radical (unpaired) electrons. The maximum Gasteiger partial charge on any atom is 0.303 e. The largest absolute Gasteiger partial charge is 0.489 e. The van der Waals surface area contributed by atoms with Crippen molar-refractivity contribution in [2.24, 2.45) is 0 Å². The van der Waals surface area contributed by atoms with Crippen LogP contribution in [0.5, 0.6) is 5.75 Å². The Bertz CT molecular complexity index is 625. The van der Waals surface area contributed by atoms with Gasteiger partial charge in [0.2, 0.25) is 0 Å². The molecule has 5 heteroatoms. The summed E-state index contributed by atoms with van der Waals surface area (Å²) in [5, 5.41) is 18.5. The third-order valence-corrected chi connectivity index (χ3v) is 3.86. The number of benzene rings is 2. The molecule has 0 aliphatic heterocycles. The highest BCUT2D eigenvalue weighted by Crippen LogP contribution is 2.22. The zero-order valence-electron chi connectivity index (χ0n) is 11.9. The zero-order valence-corrected chi connectivity index (χ0v) is 14.1. The summed E-state index contributed by atoms with van der Waals surface area (Å²) in [6, 6.07) is 15.2. The van der Waals surface area contributed by atoms with Crippen molar-refractivity contribution in [1.29, 1.82) is 0 Å². The molecule has 0 heterocycles. The van der Waals surface area contributed by atoms with E-state index in [0.29, 0.717) is 17.9 Å². The van der Waals surface area contributed by atoms with Crippen molar-refractivity contribution in [3.63, 3.8) is 0 Å². The van der Waals surface area contributed by atoms with Gasteiger partial charge in [-0.25, -0.2) is 0 Å². The maximum absolute atomic E-state index is 10.5. The van der Waals surface area contributed by atoms with E-state index in [1.165, 1.54) is 0 Å². The van der Waals surface area contributed by atoms with Crippen molar-refractivity contribution in [1.82, 2.24) is 0 Å². The van der Waals surface area contributed by atoms with E-state index in [0.717, 1.165) is 9.13 Å². The number of aliphatic hydroxyl groups excluding tert-OH is 1. The second-order valence-corrected chi connectivity index (χ2v) is 6.18. The van der Waals surface area contributed by atoms with Gasteiger partial charge in [0.25, 0.3) is 0 Å². The quantitative estimate of drug-likeness (QED) is 0.680. The molecule has 2 N–H and O–H groups in total. The third-order valence-electron chi connectivity index (χ3n) is 3.19. The van der Waals surface area contributed by atoms with Gasteiger partial charge in [0.1, 0.15) is 12.4 Å². The van der Waals surface area contributed by atoms with Crippen LogP contribution in [0.1, 0.15) is 30.1 Å². The lowest BCUT2D eigenvalue weighted by molar-refractivity contribution is -0.137. The normalized spacial score (nSPS) is 11.9. The Labute approximate surface area is 142 Å². The third kappa shape index (κ3) is 5.31. The Balaban J connectivity index is 1.90. The molecule has 22 heavy (non-hydrogen) atoms. The summed E-state index contributed by atoms with van der Waals surface area (Å²) < 4.78 is 6.86. The van der Waals surface area contributed by atoms with Crippen LogP contribution < -0.4 is 4.74 Å². The highest BCUT2D eigenvalue weighted by Gasteiger charge is 2.09. The lowest BCUT2D eigenvalue weighted by atomic mass is 10.1. The average molecular weight is 412 g/mol. The smallest absolute Gasteiger partial charge is 0.303 e. The Kier molecular flexibility index (Phi) is 6.21. The Morgan fingerprint density at radius 3 is 2.55 bits per heavy atom. The van der Waals surface area contributed by atoms with E-state index in [1.54, 1.807) is 24.3 Å². The van der Waals surface area contributed by atoms with Crippen molar-refractivity contribution in [2.45, 2.75) is 25.6 Å². The van der Waals surface area contributed by atoms with Gasteiger partial charge >= 0.3 is 5.97 Å². The predicted octanol–water partition coefficient (Wildman–Crippen LogP) is 3.77. The van der Waals surface area contributed by atoms with Gasteiger partial charge in [-0.15, -0.1) is 0 Å². The van der Waals surface area contributed by atoms with Crippen LogP contribution >= 0.6 is 22.6 Å². The van der Waals surface area contributed by atoms with E-state index in [9.17, 15) is 9.90 Å². The van der Waals surface area contributed by atoms with Crippen LogP contribution in [0.2, 0.25) is 0 Å². The first-order valence-electron chi connectivity index (χ1n) is 6.91. The zero-order chi connectivity index (χ0) is 15.9. The van der Waals surface area contributed by atoms with Crippen LogP contribution in [0.4, 0.5) is 0 Å². The molecule has 4 nitrogen and oxygen atoms in total. The minimum atomic E-state index is -0.906. The molecule has 1 unspecified atom stereocenters. The Hall–Kier alpha value is -1.60. The number of rotatable bonds is 7. The number of hydrogen-bond donors (Lipinski definition) is 2. The molecule has 0 fully saturated rings. The number of halogens is 1. The van der Waals surface area contributed by atoms with Gasteiger partial charge in [0.15, 0.2) is 0 Å². The summed E-state index contributed by atoms with van der Waals surface area (Å²) in [6.07, 6.45) is -0.606. The number of carboxylic acids is 1. The second-order valence-electron chi connectivity index (χ2n) is 4.94. The molecule has 0 aliphatic carbocycles. The summed E-state index contributed by atoms with van der Waals surface area (Å²) >= 11 is 2.26. The van der Waals surface area contributed by atoms with Crippen molar-refractivity contribution in [3.8, 4) is 5.75 Å². The van der Waals surface area contributed by atoms with Gasteiger partial charge in [-0.3, -0.25) is 4.79 Å². The van der Waals surface area contributed by atoms with Crippen LogP contribution in [0, 0.1) is 3.57 Å². The molecule has 0 saturated carbocycles. The number of ether oxygens (including phenoxy) is 1. The van der Waals surface area contributed by atoms with E-state index in [-0.39, 0.29) is 12.8 Å². The van der Waals surface area contributed by atoms with Gasteiger partial charge < -0.3 is 14.9 Å². The maximum atomic E-state index is 10.5. The van der Waals surface area contributed by atoms with Gasteiger partial charge in [-0.2, -0.15) is 0 Å². The molecule has 1 atom stereocenters. The van der Waals surface area contributed by atoms with Crippen molar-refractivity contribution in [2.75, 3.05) is 0 Å². The summed E-state index contributed by atoms with van der Waals surface area (Å²) in [4.78, 5) is 10.5. The molecule has 0 aliphatic rings. The number of aliphatic hydroxyl groups is 1. The van der Waals surface area contributed by atoms with Gasteiger partial charge in [0.05, 0.1) is 6.10 Å². The predicted molar refractivity (Wildman–Crippen MR) is 91.8 cm³/mol. The number of carboxylic acid groups (broad SMARTS) is 1. The number of hydrogen-bond acceptors (Lipinski definition) is 3. The summed E-state index contributed by atoms with van der Waals surface area (Å²) in [5.41, 5.74) is 1.79. The fourth-order valence-electron chi connectivity index (χ4n) is 2.01. The minimum absolute atomic E-state index is 0.0495. The highest BCUT2D eigenvalue weighted by molar-refractivity contribution is 14.1. The van der Waals surface area contributed by atoms with Crippen LogP contribution in [-0.2, 0) is 11.4 Å². The molecule has 0 bridgehead atoms. The number of carbonyl (C=O) groups is 1. The molecule has 2 rings (SSSR count). The van der Waals surface area contributed by atoms with E-state index in [1.807, 2.05) is 18.2 Å². The molecule has 0 spiro atoms. The number of aliphatic carboxylic acids is 1. The van der Waals surface area contributed by atoms with Crippen LogP contribution in [0.25, 0.3) is 0 Å². The molecular weight excluding hydrogens is 395 g/mol. The van der Waals surface area contributed by atoms with E-state index >= 15 is 0 Å². The first-order chi connectivity index (χ1) is 10.5. The van der Waals surface area contributed by atoms with Gasteiger partial charge in [-0.1, -0.05) is 24.3 Å². The Morgan fingerprint density at radius 1 is 1.18 bits per heavy atom. The standard InChI is InChI=1S/C17H17IO4/c18-14-3-1-2-12(10-14)11-22-15-6-4-13(5-7-15)16(19)8-9-17(20)21/h1-7,10,16,19H,8-9,11H2,(H,20,21). The van der Waals surface area contributed by atoms with E-state index < -0.39 is 12.1 Å². The van der Waals surface area contributed by atoms with E-state index in [4.69, 9.17) is 9.84 Å². The topological polar surface area (TPSA) is 66.8 Å². The van der Waals surface area contributed by atoms with Crippen LogP contribution in [0.3, 0.4) is 0 Å². The summed E-state index contributed by atoms with van der Waals surface area (Å²) in [5.74, 6) is -0.190. The summed E-state index contributed by atoms with van der Waals surface area (Å²) in [6.45, 7) is 0.484. The molecule has 0 saturated heterocycles. The lowest BCUT2D eigenvalue weighted by Gasteiger charge is -2.11. The molecule has 0 aromatic heterocycles. The van der Waals surface area contributed by atoms with Crippen molar-refractivity contribution < 1.29 is 19.7 Å². The average Bonchev–Trinajstić information content (AvgIpc) is 2.51. The molecule has 2 aromatic carbocycles. The summed E-state index contributed by atoms with van der Waals surface area (Å²) in [7, 11) is 0. The molecule has 116 valence electrons. The minimum Gasteiger partial charge on any atom is -0.489 e. The first kappa shape index (κ1) is 16.8. The highest BCUT2D eigenvalue weighted by atomic mass is 127. The second kappa shape index (κ2) is 8.14. The first-order valence-corrected chi connectivity index (χ1v) is 7.99. The van der Waals surface area contributed by atoms with Crippen LogP contribution in [0.15, 0.2) is 48.5 Å². The monoisotopic (exact) mass is 412 g/mol. The van der Waals surface area contributed by atoms with Gasteiger partial charge in [-0.05, 0) is 64.4 Å². The van der Waals surface area contributed by atoms with Crippen LogP contribution in [-0.4, -0.2) is 16.2 Å². The SMILES string of the molecule is O=C(O)CCC(O)c1ccc(OCc2cccc(I)c2)cc1. The molecular formula is C17H17IO4. The molecule has 2 aromatic rings.